The molecule has 1 atom stereocenters. The zero-order valence-electron chi connectivity index (χ0n) is 11.6. The maximum atomic E-state index is 11.7. The molecule has 0 fully saturated rings. The third kappa shape index (κ3) is 4.67. The van der Waals surface area contributed by atoms with Crippen molar-refractivity contribution in [1.29, 1.82) is 0 Å². The quantitative estimate of drug-likeness (QED) is 0.634. The molecule has 0 bridgehead atoms. The summed E-state index contributed by atoms with van der Waals surface area (Å²) >= 11 is 0. The topological polar surface area (TPSA) is 103 Å². The highest BCUT2D eigenvalue weighted by Crippen LogP contribution is 2.10. The Morgan fingerprint density at radius 1 is 1.35 bits per heavy atom. The van der Waals surface area contributed by atoms with Crippen molar-refractivity contribution >= 4 is 11.9 Å². The predicted molar refractivity (Wildman–Crippen MR) is 71.3 cm³/mol. The van der Waals surface area contributed by atoms with Gasteiger partial charge in [-0.15, -0.1) is 0 Å². The fraction of sp³-hybridized carbons (Fsp3) is 0.538. The van der Waals surface area contributed by atoms with E-state index in [1.807, 2.05) is 13.8 Å². The van der Waals surface area contributed by atoms with Crippen molar-refractivity contribution in [2.24, 2.45) is 0 Å². The van der Waals surface area contributed by atoms with Crippen LogP contribution >= 0.6 is 0 Å². The first-order valence-electron chi connectivity index (χ1n) is 6.48. The van der Waals surface area contributed by atoms with Crippen LogP contribution in [-0.2, 0) is 11.3 Å². The van der Waals surface area contributed by atoms with Crippen LogP contribution in [0.2, 0.25) is 0 Å². The highest BCUT2D eigenvalue weighted by atomic mass is 16.4. The van der Waals surface area contributed by atoms with E-state index in [4.69, 9.17) is 14.6 Å². The van der Waals surface area contributed by atoms with Crippen molar-refractivity contribution in [3.05, 3.63) is 23.7 Å². The number of carbonyl (C=O) groups excluding carboxylic acids is 1. The molecule has 0 saturated carbocycles. The summed E-state index contributed by atoms with van der Waals surface area (Å²) in [4.78, 5) is 24.2. The summed E-state index contributed by atoms with van der Waals surface area (Å²) in [5.74, 6) is -1.16. The monoisotopic (exact) mass is 284 g/mol. The maximum absolute atomic E-state index is 11.7. The SMILES string of the molecule is CCN(CC)Cc1ccc(C(=O)NCC(O)C(=O)O)o1. The molecule has 112 valence electrons. The molecule has 1 rings (SSSR count). The number of hydrogen-bond donors (Lipinski definition) is 3. The molecule has 20 heavy (non-hydrogen) atoms. The van der Waals surface area contributed by atoms with E-state index in [1.165, 1.54) is 6.07 Å². The van der Waals surface area contributed by atoms with Crippen molar-refractivity contribution in [3.63, 3.8) is 0 Å². The van der Waals surface area contributed by atoms with Gasteiger partial charge in [-0.3, -0.25) is 9.69 Å². The van der Waals surface area contributed by atoms with Crippen LogP contribution < -0.4 is 5.32 Å². The Labute approximate surface area is 117 Å². The first kappa shape index (κ1) is 16.2. The Hall–Kier alpha value is -1.86. The van der Waals surface area contributed by atoms with Crippen LogP contribution in [0.15, 0.2) is 16.5 Å². The lowest BCUT2D eigenvalue weighted by atomic mass is 10.3. The molecule has 1 unspecified atom stereocenters. The molecule has 1 aromatic rings. The molecule has 1 aromatic heterocycles. The first-order valence-corrected chi connectivity index (χ1v) is 6.48. The third-order valence-electron chi connectivity index (χ3n) is 2.90. The van der Waals surface area contributed by atoms with Gasteiger partial charge in [-0.05, 0) is 25.2 Å². The van der Waals surface area contributed by atoms with Gasteiger partial charge in [0, 0.05) is 0 Å². The van der Waals surface area contributed by atoms with Crippen LogP contribution in [0.5, 0.6) is 0 Å². The summed E-state index contributed by atoms with van der Waals surface area (Å²) in [6.45, 7) is 6.08. The summed E-state index contributed by atoms with van der Waals surface area (Å²) in [6.07, 6.45) is -1.62. The average molecular weight is 284 g/mol. The third-order valence-corrected chi connectivity index (χ3v) is 2.90. The molecule has 1 amide bonds. The number of furan rings is 1. The average Bonchev–Trinajstić information content (AvgIpc) is 2.90. The molecule has 1 heterocycles. The Bertz CT molecular complexity index is 453. The molecule has 0 aliphatic rings. The van der Waals surface area contributed by atoms with Crippen molar-refractivity contribution < 1.29 is 24.2 Å². The van der Waals surface area contributed by atoms with Crippen LogP contribution in [-0.4, -0.2) is 52.7 Å². The number of nitrogens with one attached hydrogen (secondary N) is 1. The van der Waals surface area contributed by atoms with E-state index < -0.39 is 18.0 Å². The van der Waals surface area contributed by atoms with Gasteiger partial charge in [-0.2, -0.15) is 0 Å². The number of carboxylic acids is 1. The first-order chi connectivity index (χ1) is 9.47. The molecule has 0 saturated heterocycles. The van der Waals surface area contributed by atoms with Crippen LogP contribution in [0.4, 0.5) is 0 Å². The molecule has 0 aliphatic carbocycles. The van der Waals surface area contributed by atoms with E-state index in [9.17, 15) is 9.59 Å². The second-order valence-electron chi connectivity index (χ2n) is 4.29. The number of aliphatic hydroxyl groups is 1. The maximum Gasteiger partial charge on any atom is 0.334 e. The van der Waals surface area contributed by atoms with Gasteiger partial charge < -0.3 is 19.9 Å². The lowest BCUT2D eigenvalue weighted by Crippen LogP contribution is -2.36. The smallest absolute Gasteiger partial charge is 0.334 e. The number of carbonyl (C=O) groups is 2. The second kappa shape index (κ2) is 7.66. The molecular weight excluding hydrogens is 264 g/mol. The highest BCUT2D eigenvalue weighted by molar-refractivity contribution is 5.91. The summed E-state index contributed by atoms with van der Waals surface area (Å²) in [5.41, 5.74) is 0. The van der Waals surface area contributed by atoms with Crippen LogP contribution in [0.25, 0.3) is 0 Å². The predicted octanol–water partition coefficient (Wildman–Crippen LogP) is 0.297. The fourth-order valence-electron chi connectivity index (χ4n) is 1.62. The van der Waals surface area contributed by atoms with Gasteiger partial charge in [0.25, 0.3) is 5.91 Å². The van der Waals surface area contributed by atoms with E-state index in [2.05, 4.69) is 10.2 Å². The highest BCUT2D eigenvalue weighted by Gasteiger charge is 2.17. The molecule has 0 aromatic carbocycles. The summed E-state index contributed by atoms with van der Waals surface area (Å²) in [7, 11) is 0. The largest absolute Gasteiger partial charge is 0.479 e. The van der Waals surface area contributed by atoms with Gasteiger partial charge in [0.2, 0.25) is 0 Å². The summed E-state index contributed by atoms with van der Waals surface area (Å²) in [5, 5.41) is 19.8. The summed E-state index contributed by atoms with van der Waals surface area (Å²) in [6, 6.07) is 3.24. The zero-order valence-corrected chi connectivity index (χ0v) is 11.6. The van der Waals surface area contributed by atoms with Crippen molar-refractivity contribution in [2.75, 3.05) is 19.6 Å². The Morgan fingerprint density at radius 3 is 2.55 bits per heavy atom. The van der Waals surface area contributed by atoms with Gasteiger partial charge in [-0.1, -0.05) is 13.8 Å². The molecule has 7 heteroatoms. The van der Waals surface area contributed by atoms with Crippen LogP contribution in [0, 0.1) is 0 Å². The number of nitrogens with zero attached hydrogens (tertiary/aromatic N) is 1. The minimum Gasteiger partial charge on any atom is -0.479 e. The normalized spacial score (nSPS) is 12.4. The number of amides is 1. The molecular formula is C13H20N2O5. The lowest BCUT2D eigenvalue weighted by Gasteiger charge is -2.15. The lowest BCUT2D eigenvalue weighted by molar-refractivity contribution is -0.146. The van der Waals surface area contributed by atoms with Crippen LogP contribution in [0.3, 0.4) is 0 Å². The second-order valence-corrected chi connectivity index (χ2v) is 4.29. The number of aliphatic hydroxyl groups excluding tert-OH is 1. The van der Waals surface area contributed by atoms with Gasteiger partial charge in [-0.25, -0.2) is 4.79 Å². The van der Waals surface area contributed by atoms with Crippen molar-refractivity contribution in [3.8, 4) is 0 Å². The van der Waals surface area contributed by atoms with Crippen LogP contribution in [0.1, 0.15) is 30.2 Å². The molecule has 0 aliphatic heterocycles. The minimum atomic E-state index is -1.62. The standard InChI is InChI=1S/C13H20N2O5/c1-3-15(4-2)8-9-5-6-11(20-9)12(17)14-7-10(16)13(18)19/h5-6,10,16H,3-4,7-8H2,1-2H3,(H,14,17)(H,18,19). The molecule has 3 N–H and O–H groups in total. The fourth-order valence-corrected chi connectivity index (χ4v) is 1.62. The zero-order chi connectivity index (χ0) is 15.1. The number of aliphatic carboxylic acids is 1. The minimum absolute atomic E-state index is 0.102. The van der Waals surface area contributed by atoms with E-state index in [-0.39, 0.29) is 12.3 Å². The van der Waals surface area contributed by atoms with Gasteiger partial charge in [0.15, 0.2) is 11.9 Å². The van der Waals surface area contributed by atoms with E-state index >= 15 is 0 Å². The number of rotatable bonds is 8. The molecule has 0 radical (unpaired) electrons. The van der Waals surface area contributed by atoms with Gasteiger partial charge >= 0.3 is 5.97 Å². The Morgan fingerprint density at radius 2 is 2.00 bits per heavy atom. The van der Waals surface area contributed by atoms with Gasteiger partial charge in [0.05, 0.1) is 13.1 Å². The summed E-state index contributed by atoms with van der Waals surface area (Å²) < 4.78 is 5.39. The van der Waals surface area contributed by atoms with Crippen molar-refractivity contribution in [2.45, 2.75) is 26.5 Å². The van der Waals surface area contributed by atoms with Gasteiger partial charge in [0.1, 0.15) is 5.76 Å². The molecule has 7 nitrogen and oxygen atoms in total. The molecule has 0 spiro atoms. The number of hydrogen-bond acceptors (Lipinski definition) is 5. The Balaban J connectivity index is 2.53. The Kier molecular flexibility index (Phi) is 6.20. The van der Waals surface area contributed by atoms with E-state index in [0.29, 0.717) is 12.3 Å². The van der Waals surface area contributed by atoms with E-state index in [1.54, 1.807) is 6.07 Å². The number of carboxylic acid groups (broad SMARTS) is 1. The van der Waals surface area contributed by atoms with Crippen molar-refractivity contribution in [1.82, 2.24) is 10.2 Å². The van der Waals surface area contributed by atoms with E-state index in [0.717, 1.165) is 13.1 Å².